The molecule has 0 radical (unpaired) electrons. The molecule has 0 aromatic heterocycles. The Balaban J connectivity index is 1.69. The smallest absolute Gasteiger partial charge is 0.249 e. The van der Waals surface area contributed by atoms with Crippen molar-refractivity contribution in [2.24, 2.45) is 21.8 Å². The molecule has 1 fully saturated rings. The summed E-state index contributed by atoms with van der Waals surface area (Å²) in [5, 5.41) is 10.4. The maximum absolute atomic E-state index is 13.0. The molecule has 0 bridgehead atoms. The number of hydrogen-bond donors (Lipinski definition) is 4. The summed E-state index contributed by atoms with van der Waals surface area (Å²) in [5.74, 6) is -0.0486. The number of nitrogens with one attached hydrogen (secondary N) is 2. The van der Waals surface area contributed by atoms with Crippen molar-refractivity contribution in [2.45, 2.75) is 37.1 Å². The normalized spacial score (nSPS) is 14.7. The van der Waals surface area contributed by atoms with E-state index in [-0.39, 0.29) is 23.2 Å². The zero-order valence-corrected chi connectivity index (χ0v) is 20.5. The Hall–Kier alpha value is -3.64. The van der Waals surface area contributed by atoms with Gasteiger partial charge in [0, 0.05) is 5.69 Å². The van der Waals surface area contributed by atoms with Crippen LogP contribution in [0.5, 0.6) is 11.5 Å². The lowest BCUT2D eigenvalue weighted by molar-refractivity contribution is -0.119. The van der Waals surface area contributed by atoms with Gasteiger partial charge >= 0.3 is 0 Å². The third-order valence-corrected chi connectivity index (χ3v) is 6.40. The molecule has 1 saturated carbocycles. The largest absolute Gasteiger partial charge is 0.493 e. The number of nitrogens with two attached hydrogens (primary N) is 2. The van der Waals surface area contributed by atoms with Crippen molar-refractivity contribution < 1.29 is 27.5 Å². The zero-order chi connectivity index (χ0) is 25.8. The van der Waals surface area contributed by atoms with E-state index in [1.807, 2.05) is 0 Å². The van der Waals surface area contributed by atoms with Crippen molar-refractivity contribution in [3.63, 3.8) is 0 Å². The average Bonchev–Trinajstić information content (AvgIpc) is 3.63. The molecule has 188 valence electrons. The lowest BCUT2D eigenvalue weighted by atomic mass is 10.1. The number of aryl methyl sites for hydroxylation is 1. The first-order chi connectivity index (χ1) is 16.5. The molecule has 12 heteroatoms. The summed E-state index contributed by atoms with van der Waals surface area (Å²) in [6.45, 7) is 1.72. The Bertz CT molecular complexity index is 1260. The lowest BCUT2D eigenvalue weighted by Crippen LogP contribution is -2.40. The highest BCUT2D eigenvalue weighted by Gasteiger charge is 2.36. The average molecular weight is 504 g/mol. The zero-order valence-electron chi connectivity index (χ0n) is 19.7. The van der Waals surface area contributed by atoms with Crippen LogP contribution in [0.4, 0.5) is 5.69 Å². The summed E-state index contributed by atoms with van der Waals surface area (Å²) in [4.78, 5) is 29.5. The molecule has 3 rings (SSSR count). The highest BCUT2D eigenvalue weighted by molar-refractivity contribution is 7.89. The van der Waals surface area contributed by atoms with Crippen LogP contribution in [0.2, 0.25) is 0 Å². The number of sulfonamides is 1. The Morgan fingerprint density at radius 2 is 1.80 bits per heavy atom. The number of aliphatic imine (C=N–C) groups is 1. The summed E-state index contributed by atoms with van der Waals surface area (Å²) in [7, 11) is -0.908. The second-order valence-corrected chi connectivity index (χ2v) is 9.78. The highest BCUT2D eigenvalue weighted by Crippen LogP contribution is 2.35. The number of methoxy groups -OCH3 is 2. The number of ether oxygens (including phenoxy) is 2. The summed E-state index contributed by atoms with van der Waals surface area (Å²) in [5.41, 5.74) is 7.57. The molecule has 0 spiro atoms. The number of carbonyl (C=O) groups is 2. The molecule has 35 heavy (non-hydrogen) atoms. The molecule has 0 aliphatic heterocycles. The molecule has 1 atom stereocenters. The predicted octanol–water partition coefficient (Wildman–Crippen LogP) is 1.05. The number of hydrogen-bond acceptors (Lipinski definition) is 7. The predicted molar refractivity (Wildman–Crippen MR) is 131 cm³/mol. The molecule has 1 aliphatic carbocycles. The first-order valence-electron chi connectivity index (χ1n) is 10.8. The summed E-state index contributed by atoms with van der Waals surface area (Å²) >= 11 is 0. The van der Waals surface area contributed by atoms with Crippen molar-refractivity contribution >= 4 is 33.5 Å². The summed E-state index contributed by atoms with van der Waals surface area (Å²) in [6.07, 6.45) is 1.58. The minimum absolute atomic E-state index is 0.0103. The molecule has 6 N–H and O–H groups in total. The van der Waals surface area contributed by atoms with Gasteiger partial charge in [-0.25, -0.2) is 18.5 Å². The van der Waals surface area contributed by atoms with Crippen molar-refractivity contribution in [2.75, 3.05) is 19.5 Å². The number of amides is 2. The van der Waals surface area contributed by atoms with E-state index in [2.05, 4.69) is 15.6 Å². The van der Waals surface area contributed by atoms with E-state index in [1.165, 1.54) is 26.4 Å². The van der Waals surface area contributed by atoms with Crippen molar-refractivity contribution in [3.05, 3.63) is 47.5 Å². The first kappa shape index (κ1) is 26.0. The number of carbonyl (C=O) groups excluding carboxylic acids is 2. The second-order valence-electron chi connectivity index (χ2n) is 8.22. The van der Waals surface area contributed by atoms with Gasteiger partial charge in [-0.1, -0.05) is 12.1 Å². The molecule has 2 aromatic rings. The van der Waals surface area contributed by atoms with E-state index in [4.69, 9.17) is 20.3 Å². The minimum atomic E-state index is -3.93. The van der Waals surface area contributed by atoms with Gasteiger partial charge in [-0.05, 0) is 61.1 Å². The van der Waals surface area contributed by atoms with Crippen LogP contribution < -0.4 is 31.0 Å². The van der Waals surface area contributed by atoms with Crippen LogP contribution >= 0.6 is 0 Å². The van der Waals surface area contributed by atoms with E-state index < -0.39 is 27.9 Å². The summed E-state index contributed by atoms with van der Waals surface area (Å²) < 4.78 is 33.7. The van der Waals surface area contributed by atoms with E-state index in [0.717, 1.165) is 12.8 Å². The van der Waals surface area contributed by atoms with Crippen LogP contribution in [-0.4, -0.2) is 46.5 Å². The van der Waals surface area contributed by atoms with Gasteiger partial charge in [-0.15, -0.1) is 0 Å². The number of nitrogens with zero attached hydrogens (tertiary/aromatic N) is 1. The van der Waals surface area contributed by atoms with Crippen LogP contribution in [0.15, 0.2) is 46.3 Å². The molecule has 2 aromatic carbocycles. The highest BCUT2D eigenvalue weighted by atomic mass is 32.2. The maximum atomic E-state index is 13.0. The molecule has 0 heterocycles. The van der Waals surface area contributed by atoms with Gasteiger partial charge in [0.05, 0.1) is 25.5 Å². The Kier molecular flexibility index (Phi) is 7.97. The van der Waals surface area contributed by atoms with E-state index in [0.29, 0.717) is 28.3 Å². The van der Waals surface area contributed by atoms with Crippen LogP contribution in [0.1, 0.15) is 24.0 Å². The molecule has 0 saturated heterocycles. The van der Waals surface area contributed by atoms with Gasteiger partial charge in [0.2, 0.25) is 21.8 Å². The van der Waals surface area contributed by atoms with Crippen LogP contribution in [0.3, 0.4) is 0 Å². The van der Waals surface area contributed by atoms with Crippen LogP contribution in [-0.2, 0) is 26.0 Å². The van der Waals surface area contributed by atoms with E-state index in [1.54, 1.807) is 31.2 Å². The third-order valence-electron chi connectivity index (χ3n) is 5.49. The fraction of sp³-hybridized carbons (Fsp3) is 0.348. The van der Waals surface area contributed by atoms with Gasteiger partial charge in [-0.3, -0.25) is 14.9 Å². The van der Waals surface area contributed by atoms with E-state index in [9.17, 15) is 18.0 Å². The Morgan fingerprint density at radius 3 is 2.40 bits per heavy atom. The third kappa shape index (κ3) is 6.93. The van der Waals surface area contributed by atoms with Crippen molar-refractivity contribution in [1.29, 1.82) is 0 Å². The standard InChI is InChI=1S/C23H29N5O6S/c1-13-4-8-16(35(25,31)32)12-17(13)26-22(30)21(15-6-7-15)28-23(24)27-20(29)11-14-5-9-18(33-2)19(10-14)34-3/h4-5,8-10,12,15,21H,6-7,11H2,1-3H3,(H,26,30)(H2,25,31,32)(H3,24,27,28,29)/t21-/m1/s1. The molecule has 2 amide bonds. The minimum Gasteiger partial charge on any atom is -0.493 e. The maximum Gasteiger partial charge on any atom is 0.249 e. The molecular weight excluding hydrogens is 474 g/mol. The Labute approximate surface area is 203 Å². The van der Waals surface area contributed by atoms with Gasteiger partial charge in [0.25, 0.3) is 0 Å². The fourth-order valence-corrected chi connectivity index (χ4v) is 3.99. The number of benzene rings is 2. The van der Waals surface area contributed by atoms with Gasteiger partial charge in [0.15, 0.2) is 17.5 Å². The lowest BCUT2D eigenvalue weighted by Gasteiger charge is -2.16. The molecular formula is C23H29N5O6S. The van der Waals surface area contributed by atoms with Crippen molar-refractivity contribution in [3.8, 4) is 11.5 Å². The van der Waals surface area contributed by atoms with Gasteiger partial charge in [0.1, 0.15) is 6.04 Å². The fourth-order valence-electron chi connectivity index (χ4n) is 3.45. The van der Waals surface area contributed by atoms with Crippen molar-refractivity contribution in [1.82, 2.24) is 5.32 Å². The SMILES string of the molecule is COc1ccc(CC(=O)NC(N)=N[C@@H](C(=O)Nc2cc(S(N)(=O)=O)ccc2C)C2CC2)cc1OC. The molecule has 0 unspecified atom stereocenters. The number of rotatable bonds is 9. The first-order valence-corrected chi connectivity index (χ1v) is 12.3. The van der Waals surface area contributed by atoms with Gasteiger partial charge in [-0.2, -0.15) is 0 Å². The molecule has 11 nitrogen and oxygen atoms in total. The van der Waals surface area contributed by atoms with Crippen LogP contribution in [0, 0.1) is 12.8 Å². The Morgan fingerprint density at radius 1 is 1.11 bits per heavy atom. The van der Waals surface area contributed by atoms with E-state index >= 15 is 0 Å². The van der Waals surface area contributed by atoms with Gasteiger partial charge < -0.3 is 20.5 Å². The number of anilines is 1. The topological polar surface area (TPSA) is 175 Å². The quantitative estimate of drug-likeness (QED) is 0.292. The monoisotopic (exact) mass is 503 g/mol. The molecule has 1 aliphatic rings. The number of guanidine groups is 1. The second kappa shape index (κ2) is 10.7. The van der Waals surface area contributed by atoms with Crippen LogP contribution in [0.25, 0.3) is 0 Å². The summed E-state index contributed by atoms with van der Waals surface area (Å²) in [6, 6.07) is 8.48. The number of primary sulfonamides is 1.